The average molecular weight is 1510 g/mol. The number of primary amides is 1. The molecule has 33 nitrogen and oxygen atoms in total. The Morgan fingerprint density at radius 2 is 1.22 bits per heavy atom. The molecular formula is C75H93FN14O19. The quantitative estimate of drug-likeness (QED) is 0.0234. The highest BCUT2D eigenvalue weighted by atomic mass is 19.1. The number of nitrogens with two attached hydrogens (primary N) is 1. The Bertz CT molecular complexity index is 4240. The highest BCUT2D eigenvalue weighted by Gasteiger charge is 2.43. The van der Waals surface area contributed by atoms with Crippen molar-refractivity contribution < 1.29 is 97.0 Å². The lowest BCUT2D eigenvalue weighted by molar-refractivity contribution is -0.142. The van der Waals surface area contributed by atoms with Crippen molar-refractivity contribution in [3.8, 4) is 28.1 Å². The second kappa shape index (κ2) is 40.1. The molecule has 34 heteroatoms. The fourth-order valence-electron chi connectivity index (χ4n) is 11.4. The molecule has 0 aliphatic heterocycles. The molecule has 18 N–H and O–H groups in total. The van der Waals surface area contributed by atoms with Crippen molar-refractivity contribution >= 4 is 76.9 Å². The molecule has 0 aliphatic carbocycles. The molecule has 10 atom stereocenters. The summed E-state index contributed by atoms with van der Waals surface area (Å²) in [5, 5.41) is 75.3. The lowest BCUT2D eigenvalue weighted by Gasteiger charge is -2.34. The number of rotatable bonds is 41. The van der Waals surface area contributed by atoms with Gasteiger partial charge >= 0.3 is 11.9 Å². The van der Waals surface area contributed by atoms with E-state index in [-0.39, 0.29) is 31.2 Å². The standard InChI is InChI=1S/C75H93FN14O19/c1-9-45-32-49(109-8)24-25-51(45)46-21-18-43(19-22-46)30-56(67(102)82-55(65(77)100)31-44-20-26-53(79-35-44)50-16-12-10-14-40(50)2)83-68(103)57(33-62(98)99)84-69(104)58(38-91)85-70(105)63(41(3)92)88-73(108)75(7,34-47-15-11-13-17-52(47)76)90-71(106)64(42(4)93)87-60(95)37-80-66(101)54(27-29-61(96)97)86-72(107)74(5,6)89-59(94)28-23-48-36-78-39-81-48/h10-22,24-26,32,35-36,39,41-42,54-58,63-64,91-93H,9,23,27-31,33-34,37-38H2,1-8H3,(H2,77,100)(H,78,81)(H,80,101)(H,82,102)(H,83,103)(H,84,104)(H,85,105)(H,86,107)(H,87,95)(H,88,108)(H,89,94)(H,90,106)(H,96,97)(H,98,99)/t41-,42-,54+,55+,56+,57+,58+,63+,64+,75+/m1/s1. The Hall–Kier alpha value is -12.0. The minimum atomic E-state index is -2.42. The number of ether oxygens (including phenoxy) is 1. The van der Waals surface area contributed by atoms with Crippen LogP contribution in [-0.4, -0.2) is 203 Å². The Morgan fingerprint density at radius 1 is 0.606 bits per heavy atom. The molecule has 4 aromatic carbocycles. The van der Waals surface area contributed by atoms with Crippen molar-refractivity contribution in [1.82, 2.24) is 68.1 Å². The number of pyridine rings is 1. The number of H-pyrrole nitrogens is 1. The predicted molar refractivity (Wildman–Crippen MR) is 391 cm³/mol. The van der Waals surface area contributed by atoms with Gasteiger partial charge in [-0.05, 0) is 124 Å². The molecule has 0 radical (unpaired) electrons. The minimum Gasteiger partial charge on any atom is -0.497 e. The van der Waals surface area contributed by atoms with Crippen LogP contribution in [0.1, 0.15) is 101 Å². The SMILES string of the molecule is CCc1cc(OC)ccc1-c1ccc(C[C@H](NC(=O)[C@H](CC(=O)O)NC(=O)[C@H](CO)NC(=O)[C@@H](NC(=O)[C@](C)(Cc2ccccc2F)NC(=O)[C@@H](NC(=O)CNC(=O)[C@H](CCC(=O)O)NC(=O)C(C)(C)NC(=O)CCc2cnc[nH]2)[C@@H](C)O)[C@@H](C)O)C(=O)N[C@@H](Cc2ccc(-c3ccccc3C)nc2)C(N)=O)cc1. The van der Waals surface area contributed by atoms with Gasteiger partial charge in [-0.1, -0.05) is 85.8 Å². The van der Waals surface area contributed by atoms with Crippen LogP contribution in [0.15, 0.2) is 122 Å². The van der Waals surface area contributed by atoms with Crippen molar-refractivity contribution in [3.05, 3.63) is 161 Å². The third kappa shape index (κ3) is 25.6. The first-order valence-corrected chi connectivity index (χ1v) is 34.8. The number of benzene rings is 4. The first-order valence-electron chi connectivity index (χ1n) is 34.8. The molecule has 0 saturated carbocycles. The van der Waals surface area contributed by atoms with Crippen LogP contribution >= 0.6 is 0 Å². The second-order valence-electron chi connectivity index (χ2n) is 26.8. The van der Waals surface area contributed by atoms with E-state index in [9.17, 15) is 87.9 Å². The van der Waals surface area contributed by atoms with Crippen LogP contribution in [0.2, 0.25) is 0 Å². The summed E-state index contributed by atoms with van der Waals surface area (Å²) in [5.41, 5.74) is 8.17. The van der Waals surface area contributed by atoms with E-state index < -0.39 is 187 Å². The van der Waals surface area contributed by atoms with Gasteiger partial charge in [0.05, 0.1) is 50.9 Å². The van der Waals surface area contributed by atoms with E-state index in [0.717, 1.165) is 54.7 Å². The number of halogens is 1. The van der Waals surface area contributed by atoms with Crippen LogP contribution < -0.4 is 63.6 Å². The molecule has 0 unspecified atom stereocenters. The molecular weight excluding hydrogens is 1420 g/mol. The van der Waals surface area contributed by atoms with Crippen molar-refractivity contribution in [2.75, 3.05) is 20.3 Å². The Balaban J connectivity index is 1.17. The summed E-state index contributed by atoms with van der Waals surface area (Å²) in [6, 6.07) is 15.3. The maximum Gasteiger partial charge on any atom is 0.305 e. The number of aliphatic hydroxyl groups excluding tert-OH is 3. The fourth-order valence-corrected chi connectivity index (χ4v) is 11.4. The van der Waals surface area contributed by atoms with Crippen LogP contribution in [0, 0.1) is 12.7 Å². The minimum absolute atomic E-state index is 0.0636. The number of carbonyl (C=O) groups is 13. The Kier molecular flexibility index (Phi) is 31.6. The van der Waals surface area contributed by atoms with Crippen molar-refractivity contribution in [2.24, 2.45) is 5.73 Å². The topological polar surface area (TPSA) is 520 Å². The lowest BCUT2D eigenvalue weighted by atomic mass is 9.90. The third-order valence-corrected chi connectivity index (χ3v) is 17.6. The number of nitrogens with one attached hydrogen (secondary N) is 11. The molecule has 0 fully saturated rings. The van der Waals surface area contributed by atoms with Gasteiger partial charge < -0.3 is 94.2 Å². The van der Waals surface area contributed by atoms with E-state index in [0.29, 0.717) is 34.7 Å². The predicted octanol–water partition coefficient (Wildman–Crippen LogP) is -0.324. The maximum absolute atomic E-state index is 15.5. The van der Waals surface area contributed by atoms with Crippen LogP contribution in [0.4, 0.5) is 4.39 Å². The van der Waals surface area contributed by atoms with Gasteiger partial charge in [0.25, 0.3) is 0 Å². The number of hydrogen-bond acceptors (Lipinski definition) is 19. The second-order valence-corrected chi connectivity index (χ2v) is 26.8. The number of carbonyl (C=O) groups excluding carboxylic acids is 11. The van der Waals surface area contributed by atoms with Crippen LogP contribution in [0.25, 0.3) is 22.4 Å². The molecule has 0 spiro atoms. The number of aliphatic hydroxyl groups is 3. The smallest absolute Gasteiger partial charge is 0.305 e. The van der Waals surface area contributed by atoms with Crippen LogP contribution in [0.5, 0.6) is 5.75 Å². The molecule has 6 aromatic rings. The van der Waals surface area contributed by atoms with Gasteiger partial charge in [-0.2, -0.15) is 0 Å². The van der Waals surface area contributed by atoms with E-state index in [1.165, 1.54) is 50.8 Å². The van der Waals surface area contributed by atoms with Crippen molar-refractivity contribution in [2.45, 2.75) is 172 Å². The fraction of sp³-hybridized carbons (Fsp3) is 0.400. The molecule has 2 heterocycles. The van der Waals surface area contributed by atoms with Gasteiger partial charge in [-0.25, -0.2) is 9.37 Å². The van der Waals surface area contributed by atoms with Crippen LogP contribution in [-0.2, 0) is 94.4 Å². The van der Waals surface area contributed by atoms with Crippen LogP contribution in [0.3, 0.4) is 0 Å². The third-order valence-electron chi connectivity index (χ3n) is 17.6. The maximum atomic E-state index is 15.5. The number of imidazole rings is 1. The van der Waals surface area contributed by atoms with E-state index in [1.807, 2.05) is 50.2 Å². The highest BCUT2D eigenvalue weighted by Crippen LogP contribution is 2.29. The number of aromatic nitrogens is 3. The molecule has 0 saturated heterocycles. The summed E-state index contributed by atoms with van der Waals surface area (Å²) >= 11 is 0. The van der Waals surface area contributed by atoms with Gasteiger partial charge in [0, 0.05) is 55.8 Å². The monoisotopic (exact) mass is 1510 g/mol. The molecule has 11 amide bonds. The van der Waals surface area contributed by atoms with Gasteiger partial charge in [0.15, 0.2) is 0 Å². The number of carboxylic acids is 2. The van der Waals surface area contributed by atoms with E-state index >= 15 is 4.39 Å². The highest BCUT2D eigenvalue weighted by molar-refractivity contribution is 6.01. The number of carboxylic acid groups (broad SMARTS) is 2. The van der Waals surface area contributed by atoms with Crippen molar-refractivity contribution in [3.63, 3.8) is 0 Å². The van der Waals surface area contributed by atoms with E-state index in [1.54, 1.807) is 49.6 Å². The first-order chi connectivity index (χ1) is 51.5. The van der Waals surface area contributed by atoms with E-state index in [4.69, 9.17) is 10.5 Å². The molecule has 2 aromatic heterocycles. The first kappa shape index (κ1) is 85.9. The molecule has 6 rings (SSSR count). The van der Waals surface area contributed by atoms with E-state index in [2.05, 4.69) is 68.1 Å². The zero-order valence-corrected chi connectivity index (χ0v) is 61.3. The number of amides is 11. The largest absolute Gasteiger partial charge is 0.497 e. The normalized spacial score (nSPS) is 14.2. The van der Waals surface area contributed by atoms with Gasteiger partial charge in [0.2, 0.25) is 65.0 Å². The van der Waals surface area contributed by atoms with Gasteiger partial charge in [-0.15, -0.1) is 0 Å². The number of hydrogen-bond donors (Lipinski definition) is 17. The number of aryl methyl sites for hydroxylation is 3. The number of aromatic amines is 1. The van der Waals surface area contributed by atoms with Gasteiger partial charge in [-0.3, -0.25) is 67.3 Å². The Morgan fingerprint density at radius 3 is 1.82 bits per heavy atom. The summed E-state index contributed by atoms with van der Waals surface area (Å²) in [6.07, 6.45) is -2.02. The van der Waals surface area contributed by atoms with Crippen molar-refractivity contribution in [1.29, 1.82) is 0 Å². The summed E-state index contributed by atoms with van der Waals surface area (Å²) < 4.78 is 20.9. The average Bonchev–Trinajstić information content (AvgIpc) is 1.52. The molecule has 0 aliphatic rings. The lowest BCUT2D eigenvalue weighted by Crippen LogP contribution is -2.67. The number of aliphatic carboxylic acids is 2. The molecule has 584 valence electrons. The number of nitrogens with zero attached hydrogens (tertiary/aromatic N) is 2. The van der Waals surface area contributed by atoms with Gasteiger partial charge in [0.1, 0.15) is 64.9 Å². The zero-order valence-electron chi connectivity index (χ0n) is 61.3. The number of methoxy groups -OCH3 is 1. The summed E-state index contributed by atoms with van der Waals surface area (Å²) in [4.78, 5) is 188. The molecule has 109 heavy (non-hydrogen) atoms. The summed E-state index contributed by atoms with van der Waals surface area (Å²) in [6.45, 7) is 7.36. The summed E-state index contributed by atoms with van der Waals surface area (Å²) in [7, 11) is 1.54. The summed E-state index contributed by atoms with van der Waals surface area (Å²) in [5.74, 6) is -15.8. The Labute approximate surface area is 626 Å². The zero-order chi connectivity index (χ0) is 80.4. The molecule has 0 bridgehead atoms.